The van der Waals surface area contributed by atoms with Gasteiger partial charge in [-0.25, -0.2) is 4.57 Å². The van der Waals surface area contributed by atoms with Gasteiger partial charge in [-0.15, -0.1) is 0 Å². The summed E-state index contributed by atoms with van der Waals surface area (Å²) in [4.78, 5) is 8.39. The van der Waals surface area contributed by atoms with Gasteiger partial charge in [0, 0.05) is 30.4 Å². The SMILES string of the molecule is [2H]C([2H])([2H])n1c2ccncc2c2c1[n+]1c(n2C)-c2ccncc2C1. The van der Waals surface area contributed by atoms with Crippen LogP contribution in [0.1, 0.15) is 9.68 Å². The van der Waals surface area contributed by atoms with Crippen molar-refractivity contribution in [3.63, 3.8) is 0 Å². The van der Waals surface area contributed by atoms with Crippen molar-refractivity contribution in [3.8, 4) is 11.4 Å². The molecule has 0 atom stereocenters. The maximum atomic E-state index is 8.03. The van der Waals surface area contributed by atoms with Crippen molar-refractivity contribution in [2.45, 2.75) is 6.54 Å². The molecule has 0 unspecified atom stereocenters. The summed E-state index contributed by atoms with van der Waals surface area (Å²) >= 11 is 0. The predicted octanol–water partition coefficient (Wildman–Crippen LogP) is 1.78. The van der Waals surface area contributed by atoms with Crippen LogP contribution in [0.25, 0.3) is 33.5 Å². The van der Waals surface area contributed by atoms with Crippen LogP contribution >= 0.6 is 0 Å². The highest BCUT2D eigenvalue weighted by molar-refractivity contribution is 6.04. The Kier molecular flexibility index (Phi) is 1.42. The smallest absolute Gasteiger partial charge is 0.264 e. The quantitative estimate of drug-likeness (QED) is 0.405. The molecule has 0 radical (unpaired) electrons. The van der Waals surface area contributed by atoms with Crippen LogP contribution in [0.5, 0.6) is 0 Å². The average Bonchev–Trinajstić information content (AvgIpc) is 3.16. The molecule has 5 rings (SSSR count). The van der Waals surface area contributed by atoms with Gasteiger partial charge in [0.1, 0.15) is 5.52 Å². The van der Waals surface area contributed by atoms with E-state index in [0.717, 1.165) is 27.9 Å². The predicted molar refractivity (Wildman–Crippen MR) is 79.7 cm³/mol. The van der Waals surface area contributed by atoms with Gasteiger partial charge in [-0.1, -0.05) is 0 Å². The summed E-state index contributed by atoms with van der Waals surface area (Å²) in [5.41, 5.74) is 4.47. The second kappa shape index (κ2) is 3.49. The van der Waals surface area contributed by atoms with Crippen molar-refractivity contribution in [1.29, 1.82) is 0 Å². The van der Waals surface area contributed by atoms with E-state index < -0.39 is 6.98 Å². The molecule has 0 spiro atoms. The lowest BCUT2D eigenvalue weighted by molar-refractivity contribution is -0.648. The number of hydrogen-bond acceptors (Lipinski definition) is 2. The fourth-order valence-electron chi connectivity index (χ4n) is 3.49. The summed E-state index contributed by atoms with van der Waals surface area (Å²) in [5, 5.41) is 0.851. The highest BCUT2D eigenvalue weighted by Crippen LogP contribution is 2.34. The first kappa shape index (κ1) is 8.56. The van der Waals surface area contributed by atoms with Crippen LogP contribution in [-0.4, -0.2) is 19.1 Å². The summed E-state index contributed by atoms with van der Waals surface area (Å²) in [5.74, 6) is 1.00. The Morgan fingerprint density at radius 1 is 1.19 bits per heavy atom. The van der Waals surface area contributed by atoms with Crippen LogP contribution in [0.15, 0.2) is 36.9 Å². The Bertz CT molecular complexity index is 1140. The number of fused-ring (bicyclic) bond motifs is 7. The molecule has 0 saturated carbocycles. The number of nitrogens with zero attached hydrogens (tertiary/aromatic N) is 5. The third-order valence-corrected chi connectivity index (χ3v) is 4.36. The van der Waals surface area contributed by atoms with E-state index in [2.05, 4.69) is 19.1 Å². The van der Waals surface area contributed by atoms with Gasteiger partial charge >= 0.3 is 0 Å². The minimum absolute atomic E-state index is 0.621. The Morgan fingerprint density at radius 3 is 2.95 bits per heavy atom. The summed E-state index contributed by atoms with van der Waals surface area (Å²) in [6.07, 6.45) is 6.98. The van der Waals surface area contributed by atoms with Gasteiger partial charge in [0.05, 0.1) is 35.6 Å². The van der Waals surface area contributed by atoms with E-state index in [-0.39, 0.29) is 0 Å². The number of aryl methyl sites for hydroxylation is 2. The Labute approximate surface area is 125 Å². The highest BCUT2D eigenvalue weighted by Gasteiger charge is 2.34. The maximum absolute atomic E-state index is 8.03. The van der Waals surface area contributed by atoms with Crippen LogP contribution in [0, 0.1) is 0 Å². The monoisotopic (exact) mass is 279 g/mol. The second-order valence-corrected chi connectivity index (χ2v) is 5.40. The minimum Gasteiger partial charge on any atom is -0.264 e. The zero-order chi connectivity index (χ0) is 16.6. The van der Waals surface area contributed by atoms with E-state index in [4.69, 9.17) is 4.11 Å². The van der Waals surface area contributed by atoms with E-state index in [1.54, 1.807) is 24.7 Å². The van der Waals surface area contributed by atoms with E-state index in [9.17, 15) is 0 Å². The third-order valence-electron chi connectivity index (χ3n) is 4.36. The molecule has 5 nitrogen and oxygen atoms in total. The number of rotatable bonds is 0. The van der Waals surface area contributed by atoms with Crippen molar-refractivity contribution in [1.82, 2.24) is 19.1 Å². The molecule has 102 valence electrons. The lowest BCUT2D eigenvalue weighted by Crippen LogP contribution is -2.33. The third kappa shape index (κ3) is 1.15. The molecule has 1 aliphatic heterocycles. The lowest BCUT2D eigenvalue weighted by Gasteiger charge is -1.97. The van der Waals surface area contributed by atoms with E-state index >= 15 is 0 Å². The number of pyridine rings is 2. The summed E-state index contributed by atoms with van der Waals surface area (Å²) < 4.78 is 29.7. The Balaban J connectivity index is 2.02. The molecule has 21 heavy (non-hydrogen) atoms. The van der Waals surface area contributed by atoms with Gasteiger partial charge in [0.25, 0.3) is 5.65 Å². The minimum atomic E-state index is -2.27. The molecule has 0 saturated heterocycles. The molecule has 0 aliphatic carbocycles. The van der Waals surface area contributed by atoms with Gasteiger partial charge < -0.3 is 0 Å². The van der Waals surface area contributed by atoms with Gasteiger partial charge in [-0.3, -0.25) is 19.1 Å². The van der Waals surface area contributed by atoms with E-state index in [0.29, 0.717) is 17.7 Å². The lowest BCUT2D eigenvalue weighted by atomic mass is 10.2. The number of aromatic nitrogens is 5. The molecule has 4 aromatic heterocycles. The molecular formula is C16H14N5+. The number of hydrogen-bond donors (Lipinski definition) is 0. The van der Waals surface area contributed by atoms with Crippen LogP contribution in [0.3, 0.4) is 0 Å². The van der Waals surface area contributed by atoms with Crippen LogP contribution in [0.4, 0.5) is 0 Å². The molecule has 5 heterocycles. The first-order chi connectivity index (χ1) is 11.5. The van der Waals surface area contributed by atoms with Crippen molar-refractivity contribution >= 4 is 22.1 Å². The molecule has 0 fully saturated rings. The molecular weight excluding hydrogens is 262 g/mol. The van der Waals surface area contributed by atoms with Crippen LogP contribution in [0.2, 0.25) is 0 Å². The second-order valence-electron chi connectivity index (χ2n) is 5.40. The van der Waals surface area contributed by atoms with Crippen molar-refractivity contribution in [3.05, 3.63) is 42.5 Å². The summed E-state index contributed by atoms with van der Waals surface area (Å²) in [6.45, 7) is -1.65. The van der Waals surface area contributed by atoms with Gasteiger partial charge in [-0.05, 0) is 12.1 Å². The zero-order valence-corrected chi connectivity index (χ0v) is 11.4. The van der Waals surface area contributed by atoms with Crippen LogP contribution < -0.4 is 4.57 Å². The molecule has 0 amide bonds. The first-order valence-electron chi connectivity index (χ1n) is 8.29. The largest absolute Gasteiger partial charge is 0.269 e. The summed E-state index contributed by atoms with van der Waals surface area (Å²) in [7, 11) is 1.97. The van der Waals surface area contributed by atoms with Crippen molar-refractivity contribution in [2.75, 3.05) is 0 Å². The highest BCUT2D eigenvalue weighted by atomic mass is 15.2. The first-order valence-corrected chi connectivity index (χ1v) is 6.79. The molecule has 5 heteroatoms. The molecule has 0 bridgehead atoms. The molecule has 0 N–H and O–H groups in total. The topological polar surface area (TPSA) is 39.5 Å². The van der Waals surface area contributed by atoms with Crippen molar-refractivity contribution < 1.29 is 8.68 Å². The Hall–Kier alpha value is -2.69. The van der Waals surface area contributed by atoms with Crippen molar-refractivity contribution in [2.24, 2.45) is 14.0 Å². The number of imidazole rings is 1. The normalized spacial score (nSPS) is 15.8. The standard InChI is InChI=1S/C16H14N5/c1-19-13-4-6-18-8-12(13)14-16(19)21-9-10-7-17-5-3-11(10)15(21)20(14)2/h3-8H,9H2,1-2H3/q+1/i1D3. The summed E-state index contributed by atoms with van der Waals surface area (Å²) in [6, 6.07) is 3.74. The van der Waals surface area contributed by atoms with E-state index in [1.165, 1.54) is 4.57 Å². The molecule has 0 aromatic carbocycles. The van der Waals surface area contributed by atoms with Gasteiger partial charge in [-0.2, -0.15) is 0 Å². The fraction of sp³-hybridized carbons (Fsp3) is 0.188. The van der Waals surface area contributed by atoms with Gasteiger partial charge in [0.2, 0.25) is 5.82 Å². The zero-order valence-electron chi connectivity index (χ0n) is 14.4. The van der Waals surface area contributed by atoms with E-state index in [1.807, 2.05) is 19.3 Å². The Morgan fingerprint density at radius 2 is 2.05 bits per heavy atom. The van der Waals surface area contributed by atoms with Gasteiger partial charge in [0.15, 0.2) is 5.52 Å². The maximum Gasteiger partial charge on any atom is 0.269 e. The molecule has 4 aromatic rings. The fourth-order valence-corrected chi connectivity index (χ4v) is 3.49. The molecule has 1 aliphatic rings. The average molecular weight is 279 g/mol. The van der Waals surface area contributed by atoms with Crippen LogP contribution in [-0.2, 0) is 20.6 Å².